The number of fused-ring (bicyclic) bond motifs is 1. The van der Waals surface area contributed by atoms with Crippen LogP contribution in [-0.4, -0.2) is 31.0 Å². The van der Waals surface area contributed by atoms with E-state index < -0.39 is 13.1 Å². The van der Waals surface area contributed by atoms with Gasteiger partial charge in [0.25, 0.3) is 0 Å². The minimum Gasteiger partial charge on any atom is -0.535 e. The zero-order chi connectivity index (χ0) is 17.1. The molecule has 0 bridgehead atoms. The van der Waals surface area contributed by atoms with Crippen LogP contribution < -0.4 is 4.65 Å². The topological polar surface area (TPSA) is 72.8 Å². The summed E-state index contributed by atoms with van der Waals surface area (Å²) in [4.78, 5) is 24.3. The highest BCUT2D eigenvalue weighted by molar-refractivity contribution is 6.47. The van der Waals surface area contributed by atoms with Crippen LogP contribution in [0.15, 0.2) is 18.2 Å². The second-order valence-corrected chi connectivity index (χ2v) is 6.76. The van der Waals surface area contributed by atoms with Gasteiger partial charge in [0.05, 0.1) is 7.11 Å². The molecule has 0 amide bonds. The first-order chi connectivity index (χ1) is 11.6. The summed E-state index contributed by atoms with van der Waals surface area (Å²) in [6, 6.07) is 5.25. The van der Waals surface area contributed by atoms with Crippen LogP contribution in [0.3, 0.4) is 0 Å². The average Bonchev–Trinajstić information content (AvgIpc) is 2.62. The molecule has 3 rings (SSSR count). The molecule has 1 aliphatic carbocycles. The molecule has 1 saturated carbocycles. The maximum absolute atomic E-state index is 12.5. The van der Waals surface area contributed by atoms with E-state index in [2.05, 4.69) is 0 Å². The van der Waals surface area contributed by atoms with Gasteiger partial charge in [-0.15, -0.1) is 0 Å². The predicted molar refractivity (Wildman–Crippen MR) is 90.0 cm³/mol. The van der Waals surface area contributed by atoms with Crippen molar-refractivity contribution in [3.63, 3.8) is 0 Å². The van der Waals surface area contributed by atoms with Gasteiger partial charge in [0.1, 0.15) is 17.1 Å². The standard InChI is InChI=1S/C18H23BO5/c1-23-18(21)15-9-5-8-13-10-14(19(22)24-17(13)15)11-16(20)12-6-3-2-4-7-12/h5,8-9,12,14,22H,2-4,6-7,10-11H2,1H3/t14-/m1/s1. The Balaban J connectivity index is 1.73. The summed E-state index contributed by atoms with van der Waals surface area (Å²) in [7, 11) is 0.239. The number of esters is 1. The number of carbonyl (C=O) groups excluding carboxylic acids is 2. The Kier molecular flexibility index (Phi) is 5.24. The molecule has 128 valence electrons. The molecule has 1 fully saturated rings. The molecule has 0 spiro atoms. The molecule has 5 nitrogen and oxygen atoms in total. The van der Waals surface area contributed by atoms with E-state index in [-0.39, 0.29) is 17.5 Å². The van der Waals surface area contributed by atoms with Crippen molar-refractivity contribution in [3.05, 3.63) is 29.3 Å². The summed E-state index contributed by atoms with van der Waals surface area (Å²) < 4.78 is 10.3. The van der Waals surface area contributed by atoms with E-state index in [1.165, 1.54) is 13.5 Å². The van der Waals surface area contributed by atoms with Crippen molar-refractivity contribution in [3.8, 4) is 5.75 Å². The number of methoxy groups -OCH3 is 1. The van der Waals surface area contributed by atoms with Crippen molar-refractivity contribution in [2.75, 3.05) is 7.11 Å². The van der Waals surface area contributed by atoms with Gasteiger partial charge in [-0.2, -0.15) is 0 Å². The van der Waals surface area contributed by atoms with E-state index in [0.717, 1.165) is 31.2 Å². The van der Waals surface area contributed by atoms with Gasteiger partial charge in [-0.25, -0.2) is 4.79 Å². The summed E-state index contributed by atoms with van der Waals surface area (Å²) >= 11 is 0. The molecule has 1 aliphatic heterocycles. The van der Waals surface area contributed by atoms with Crippen LogP contribution in [0.2, 0.25) is 5.82 Å². The SMILES string of the molecule is COC(=O)c1cccc2c1OB(O)[C@@H](CC(=O)C1CCCCC1)C2. The Labute approximate surface area is 142 Å². The highest BCUT2D eigenvalue weighted by Crippen LogP contribution is 2.37. The molecule has 1 atom stereocenters. The monoisotopic (exact) mass is 330 g/mol. The molecule has 1 N–H and O–H groups in total. The number of rotatable bonds is 4. The summed E-state index contributed by atoms with van der Waals surface area (Å²) in [6.07, 6.45) is 6.23. The fraction of sp³-hybridized carbons (Fsp3) is 0.556. The molecular formula is C18H23BO5. The number of hydrogen-bond acceptors (Lipinski definition) is 5. The first-order valence-corrected chi connectivity index (χ1v) is 8.67. The summed E-state index contributed by atoms with van der Waals surface area (Å²) in [6.45, 7) is 0. The van der Waals surface area contributed by atoms with Gasteiger partial charge < -0.3 is 14.4 Å². The fourth-order valence-electron chi connectivity index (χ4n) is 3.78. The number of hydrogen-bond donors (Lipinski definition) is 1. The van der Waals surface area contributed by atoms with Crippen LogP contribution in [0.1, 0.15) is 54.4 Å². The quantitative estimate of drug-likeness (QED) is 0.679. The third kappa shape index (κ3) is 3.48. The zero-order valence-electron chi connectivity index (χ0n) is 14.0. The lowest BCUT2D eigenvalue weighted by Gasteiger charge is -2.29. The minimum absolute atomic E-state index is 0.133. The van der Waals surface area contributed by atoms with Gasteiger partial charge in [-0.05, 0) is 30.9 Å². The molecule has 1 heterocycles. The molecule has 24 heavy (non-hydrogen) atoms. The van der Waals surface area contributed by atoms with Gasteiger partial charge in [0, 0.05) is 18.2 Å². The van der Waals surface area contributed by atoms with Gasteiger partial charge >= 0.3 is 13.1 Å². The fourth-order valence-corrected chi connectivity index (χ4v) is 3.78. The first kappa shape index (κ1) is 17.0. The van der Waals surface area contributed by atoms with Crippen LogP contribution in [-0.2, 0) is 16.0 Å². The lowest BCUT2D eigenvalue weighted by atomic mass is 9.63. The second kappa shape index (κ2) is 7.39. The highest BCUT2D eigenvalue weighted by atomic mass is 16.5. The Morgan fingerprint density at radius 3 is 2.75 bits per heavy atom. The molecule has 1 aromatic rings. The number of para-hydroxylation sites is 1. The number of carbonyl (C=O) groups is 2. The first-order valence-electron chi connectivity index (χ1n) is 8.67. The summed E-state index contributed by atoms with van der Waals surface area (Å²) in [5.74, 6) is -0.0162. The lowest BCUT2D eigenvalue weighted by molar-refractivity contribution is -0.124. The Morgan fingerprint density at radius 1 is 1.29 bits per heavy atom. The predicted octanol–water partition coefficient (Wildman–Crippen LogP) is 2.80. The molecule has 2 aliphatic rings. The molecule has 0 radical (unpaired) electrons. The van der Waals surface area contributed by atoms with Gasteiger partial charge in [-0.1, -0.05) is 31.4 Å². The van der Waals surface area contributed by atoms with E-state index in [1.54, 1.807) is 12.1 Å². The van der Waals surface area contributed by atoms with Crippen LogP contribution >= 0.6 is 0 Å². The Bertz CT molecular complexity index is 624. The third-order valence-electron chi connectivity index (χ3n) is 5.15. The van der Waals surface area contributed by atoms with Crippen LogP contribution in [0.5, 0.6) is 5.75 Å². The van der Waals surface area contributed by atoms with Crippen molar-refractivity contribution < 1.29 is 24.0 Å². The lowest BCUT2D eigenvalue weighted by Crippen LogP contribution is -2.36. The van der Waals surface area contributed by atoms with Gasteiger partial charge in [-0.3, -0.25) is 4.79 Å². The van der Waals surface area contributed by atoms with E-state index >= 15 is 0 Å². The van der Waals surface area contributed by atoms with E-state index in [4.69, 9.17) is 9.39 Å². The van der Waals surface area contributed by atoms with Crippen LogP contribution in [0.25, 0.3) is 0 Å². The van der Waals surface area contributed by atoms with Crippen molar-refractivity contribution in [2.24, 2.45) is 5.92 Å². The summed E-state index contributed by atoms with van der Waals surface area (Å²) in [5.41, 5.74) is 1.15. The number of ketones is 1. The number of Topliss-reactive ketones (excluding diaryl/α,β-unsaturated/α-hetero) is 1. The van der Waals surface area contributed by atoms with Gasteiger partial charge in [0.15, 0.2) is 0 Å². The van der Waals surface area contributed by atoms with Crippen molar-refractivity contribution in [1.82, 2.24) is 0 Å². The van der Waals surface area contributed by atoms with Gasteiger partial charge in [0.2, 0.25) is 0 Å². The number of benzene rings is 1. The van der Waals surface area contributed by atoms with E-state index in [1.807, 2.05) is 6.07 Å². The molecule has 0 aromatic heterocycles. The Morgan fingerprint density at radius 2 is 2.04 bits per heavy atom. The molecule has 0 unspecified atom stereocenters. The smallest absolute Gasteiger partial charge is 0.526 e. The zero-order valence-corrected chi connectivity index (χ0v) is 14.0. The van der Waals surface area contributed by atoms with Crippen molar-refractivity contribution in [1.29, 1.82) is 0 Å². The normalized spacial score (nSPS) is 20.9. The largest absolute Gasteiger partial charge is 0.535 e. The second-order valence-electron chi connectivity index (χ2n) is 6.76. The maximum atomic E-state index is 12.5. The highest BCUT2D eigenvalue weighted by Gasteiger charge is 2.38. The third-order valence-corrected chi connectivity index (χ3v) is 5.15. The average molecular weight is 330 g/mol. The Hall–Kier alpha value is -1.82. The van der Waals surface area contributed by atoms with Crippen molar-refractivity contribution in [2.45, 2.75) is 50.8 Å². The van der Waals surface area contributed by atoms with Crippen molar-refractivity contribution >= 4 is 18.9 Å². The molecule has 1 aromatic carbocycles. The summed E-state index contributed by atoms with van der Waals surface area (Å²) in [5, 5.41) is 10.3. The molecular weight excluding hydrogens is 307 g/mol. The minimum atomic E-state index is -1.07. The van der Waals surface area contributed by atoms with Crippen LogP contribution in [0.4, 0.5) is 0 Å². The van der Waals surface area contributed by atoms with Crippen LogP contribution in [0, 0.1) is 5.92 Å². The van der Waals surface area contributed by atoms with E-state index in [9.17, 15) is 14.6 Å². The maximum Gasteiger partial charge on any atom is 0.526 e. The molecule has 6 heteroatoms. The number of ether oxygens (including phenoxy) is 1. The molecule has 0 saturated heterocycles. The van der Waals surface area contributed by atoms with E-state index in [0.29, 0.717) is 24.2 Å².